The molecule has 1 aliphatic heterocycles. The number of aromatic nitrogens is 2. The molecule has 6 nitrogen and oxygen atoms in total. The van der Waals surface area contributed by atoms with Crippen molar-refractivity contribution in [2.24, 2.45) is 0 Å². The Balaban J connectivity index is 2.00. The smallest absolute Gasteiger partial charge is 0.262 e. The average molecular weight is 348 g/mol. The van der Waals surface area contributed by atoms with E-state index in [4.69, 9.17) is 4.98 Å². The minimum Gasteiger partial charge on any atom is -0.350 e. The topological polar surface area (TPSA) is 76.0 Å². The summed E-state index contributed by atoms with van der Waals surface area (Å²) in [6.07, 6.45) is 4.05. The van der Waals surface area contributed by atoms with Crippen molar-refractivity contribution in [2.45, 2.75) is 52.1 Å². The van der Waals surface area contributed by atoms with Gasteiger partial charge in [-0.05, 0) is 39.3 Å². The van der Waals surface area contributed by atoms with E-state index in [-0.39, 0.29) is 17.5 Å². The van der Waals surface area contributed by atoms with Gasteiger partial charge < -0.3 is 10.6 Å². The first kappa shape index (κ1) is 17.1. The van der Waals surface area contributed by atoms with Gasteiger partial charge in [0.1, 0.15) is 10.7 Å². The Hall–Kier alpha value is -1.73. The van der Waals surface area contributed by atoms with Gasteiger partial charge >= 0.3 is 0 Å². The third kappa shape index (κ3) is 3.10. The molecule has 3 heterocycles. The average Bonchev–Trinajstić information content (AvgIpc) is 2.74. The standard InChI is InChI=1S/C17H24N4O2S/c1-10(18-3)9-19-15(22)14-11(2)13-16(24-14)20-12-7-5-4-6-8-21(12)17(13)23/h10,18H,4-9H2,1-3H3,(H,19,22). The van der Waals surface area contributed by atoms with Crippen LogP contribution >= 0.6 is 11.3 Å². The van der Waals surface area contributed by atoms with Gasteiger partial charge in [-0.25, -0.2) is 4.98 Å². The summed E-state index contributed by atoms with van der Waals surface area (Å²) in [5.41, 5.74) is 0.759. The molecule has 7 heteroatoms. The number of fused-ring (bicyclic) bond motifs is 2. The third-order valence-corrected chi connectivity index (χ3v) is 5.86. The van der Waals surface area contributed by atoms with Crippen molar-refractivity contribution in [1.29, 1.82) is 0 Å². The van der Waals surface area contributed by atoms with Crippen LogP contribution in [-0.2, 0) is 13.0 Å². The molecule has 1 aliphatic rings. The second-order valence-corrected chi connectivity index (χ2v) is 7.43. The van der Waals surface area contributed by atoms with E-state index in [1.807, 2.05) is 20.9 Å². The highest BCUT2D eigenvalue weighted by atomic mass is 32.1. The first-order chi connectivity index (χ1) is 11.5. The van der Waals surface area contributed by atoms with Gasteiger partial charge in [0.15, 0.2) is 0 Å². The quantitative estimate of drug-likeness (QED) is 0.884. The van der Waals surface area contributed by atoms with E-state index in [2.05, 4.69) is 10.6 Å². The van der Waals surface area contributed by atoms with Crippen LogP contribution in [-0.4, -0.2) is 35.1 Å². The maximum atomic E-state index is 12.9. The number of nitrogens with zero attached hydrogens (tertiary/aromatic N) is 2. The third-order valence-electron chi connectivity index (χ3n) is 4.68. The molecule has 0 saturated carbocycles. The summed E-state index contributed by atoms with van der Waals surface area (Å²) in [5.74, 6) is 0.735. The second-order valence-electron chi connectivity index (χ2n) is 6.43. The summed E-state index contributed by atoms with van der Waals surface area (Å²) in [7, 11) is 1.86. The van der Waals surface area contributed by atoms with E-state index in [0.717, 1.165) is 43.6 Å². The second kappa shape index (κ2) is 7.03. The Morgan fingerprint density at radius 1 is 1.38 bits per heavy atom. The van der Waals surface area contributed by atoms with Gasteiger partial charge in [0, 0.05) is 25.6 Å². The highest BCUT2D eigenvalue weighted by Crippen LogP contribution is 2.28. The fourth-order valence-corrected chi connectivity index (χ4v) is 4.16. The Morgan fingerprint density at radius 3 is 2.92 bits per heavy atom. The summed E-state index contributed by atoms with van der Waals surface area (Å²) in [5, 5.41) is 6.62. The predicted octanol–water partition coefficient (Wildman–Crippen LogP) is 1.83. The van der Waals surface area contributed by atoms with Crippen LogP contribution in [0.25, 0.3) is 10.2 Å². The van der Waals surface area contributed by atoms with Crippen LogP contribution in [0.2, 0.25) is 0 Å². The molecule has 0 fully saturated rings. The van der Waals surface area contributed by atoms with Crippen LogP contribution in [0.4, 0.5) is 0 Å². The Labute approximate surface area is 145 Å². The van der Waals surface area contributed by atoms with Crippen LogP contribution in [0.5, 0.6) is 0 Å². The molecule has 0 spiro atoms. The molecule has 2 aromatic rings. The molecular weight excluding hydrogens is 324 g/mol. The number of amides is 1. The van der Waals surface area contributed by atoms with E-state index < -0.39 is 0 Å². The monoisotopic (exact) mass is 348 g/mol. The summed E-state index contributed by atoms with van der Waals surface area (Å²) < 4.78 is 1.81. The normalized spacial score (nSPS) is 15.8. The van der Waals surface area contributed by atoms with Gasteiger partial charge in [-0.15, -0.1) is 11.3 Å². The molecule has 0 bridgehead atoms. The first-order valence-electron chi connectivity index (χ1n) is 8.51. The minimum absolute atomic E-state index is 0.00768. The lowest BCUT2D eigenvalue weighted by Crippen LogP contribution is -2.37. The van der Waals surface area contributed by atoms with Gasteiger partial charge in [-0.2, -0.15) is 0 Å². The van der Waals surface area contributed by atoms with Gasteiger partial charge in [0.25, 0.3) is 11.5 Å². The molecule has 1 atom stereocenters. The molecule has 2 aromatic heterocycles. The lowest BCUT2D eigenvalue weighted by molar-refractivity contribution is 0.0954. The number of aryl methyl sites for hydroxylation is 2. The lowest BCUT2D eigenvalue weighted by atomic mass is 10.2. The number of hydrogen-bond donors (Lipinski definition) is 2. The van der Waals surface area contributed by atoms with Gasteiger partial charge in [0.05, 0.1) is 10.3 Å². The van der Waals surface area contributed by atoms with E-state index in [9.17, 15) is 9.59 Å². The zero-order chi connectivity index (χ0) is 17.3. The van der Waals surface area contributed by atoms with Crippen LogP contribution < -0.4 is 16.2 Å². The first-order valence-corrected chi connectivity index (χ1v) is 9.33. The van der Waals surface area contributed by atoms with Crippen molar-refractivity contribution in [3.05, 3.63) is 26.6 Å². The number of hydrogen-bond acceptors (Lipinski definition) is 5. The molecule has 1 unspecified atom stereocenters. The van der Waals surface area contributed by atoms with Crippen LogP contribution in [0.1, 0.15) is 47.2 Å². The zero-order valence-electron chi connectivity index (χ0n) is 14.4. The van der Waals surface area contributed by atoms with Gasteiger partial charge in [0.2, 0.25) is 0 Å². The zero-order valence-corrected chi connectivity index (χ0v) is 15.3. The lowest BCUT2D eigenvalue weighted by Gasteiger charge is -2.10. The fraction of sp³-hybridized carbons (Fsp3) is 0.588. The van der Waals surface area contributed by atoms with Crippen LogP contribution in [0, 0.1) is 6.92 Å². The van der Waals surface area contributed by atoms with Gasteiger partial charge in [-0.3, -0.25) is 14.2 Å². The maximum Gasteiger partial charge on any atom is 0.262 e. The van der Waals surface area contributed by atoms with E-state index in [1.165, 1.54) is 11.3 Å². The number of thiophene rings is 1. The number of nitrogens with one attached hydrogen (secondary N) is 2. The maximum absolute atomic E-state index is 12.9. The molecule has 0 radical (unpaired) electrons. The van der Waals surface area contributed by atoms with E-state index in [1.54, 1.807) is 4.57 Å². The van der Waals surface area contributed by atoms with Crippen molar-refractivity contribution in [3.8, 4) is 0 Å². The number of carbonyl (C=O) groups is 1. The Bertz CT molecular complexity index is 824. The van der Waals surface area contributed by atoms with Crippen molar-refractivity contribution in [2.75, 3.05) is 13.6 Å². The summed E-state index contributed by atoms with van der Waals surface area (Å²) >= 11 is 1.33. The highest BCUT2D eigenvalue weighted by Gasteiger charge is 2.22. The molecule has 0 saturated heterocycles. The summed E-state index contributed by atoms with van der Waals surface area (Å²) in [4.78, 5) is 31.4. The molecule has 130 valence electrons. The molecule has 24 heavy (non-hydrogen) atoms. The number of rotatable bonds is 4. The molecule has 2 N–H and O–H groups in total. The van der Waals surface area contributed by atoms with E-state index >= 15 is 0 Å². The van der Waals surface area contributed by atoms with Crippen LogP contribution in [0.15, 0.2) is 4.79 Å². The van der Waals surface area contributed by atoms with Crippen molar-refractivity contribution in [1.82, 2.24) is 20.2 Å². The number of carbonyl (C=O) groups excluding carboxylic acids is 1. The largest absolute Gasteiger partial charge is 0.350 e. The minimum atomic E-state index is -0.128. The van der Waals surface area contributed by atoms with E-state index in [0.29, 0.717) is 21.6 Å². The molecule has 0 aromatic carbocycles. The van der Waals surface area contributed by atoms with Crippen molar-refractivity contribution < 1.29 is 4.79 Å². The molecule has 1 amide bonds. The Morgan fingerprint density at radius 2 is 2.17 bits per heavy atom. The Kier molecular flexibility index (Phi) is 5.01. The molecule has 0 aliphatic carbocycles. The number of likely N-dealkylation sites (N-methyl/N-ethyl adjacent to an activating group) is 1. The predicted molar refractivity (Wildman–Crippen MR) is 97.0 cm³/mol. The van der Waals surface area contributed by atoms with Crippen molar-refractivity contribution >= 4 is 27.5 Å². The summed E-state index contributed by atoms with van der Waals surface area (Å²) in [6, 6.07) is 0.198. The fourth-order valence-electron chi connectivity index (χ4n) is 3.05. The molecule has 3 rings (SSSR count). The summed E-state index contributed by atoms with van der Waals surface area (Å²) in [6.45, 7) is 5.13. The SMILES string of the molecule is CNC(C)CNC(=O)c1sc2nc3n(c(=O)c2c1C)CCCCC3. The van der Waals surface area contributed by atoms with Crippen LogP contribution in [0.3, 0.4) is 0 Å². The van der Waals surface area contributed by atoms with Gasteiger partial charge in [-0.1, -0.05) is 6.42 Å². The highest BCUT2D eigenvalue weighted by molar-refractivity contribution is 7.20. The van der Waals surface area contributed by atoms with Crippen molar-refractivity contribution in [3.63, 3.8) is 0 Å². The molecular formula is C17H24N4O2S.